The minimum atomic E-state index is -9.83. The summed E-state index contributed by atoms with van der Waals surface area (Å²) < 4.78 is 754. The lowest BCUT2D eigenvalue weighted by Crippen LogP contribution is -2.78. The van der Waals surface area contributed by atoms with E-state index in [1.54, 1.807) is 0 Å². The Balaban J connectivity index is -0.00000150. The second kappa shape index (κ2) is 21.5. The third kappa shape index (κ3) is 11.6. The monoisotopic (exact) mass is 1480 g/mol. The number of rotatable bonds is 22. The summed E-state index contributed by atoms with van der Waals surface area (Å²) in [6, 6.07) is -17.6. The molecule has 6 nitrogen and oxygen atoms in total. The molecule has 0 radical (unpaired) electrons. The van der Waals surface area contributed by atoms with E-state index in [-0.39, 0.29) is 0 Å². The topological polar surface area (TPSA) is 80.3 Å². The maximum Gasteiger partial charge on any atom is 0.576 e. The molecular weight excluding hydrogens is 1480 g/mol. The smallest absolute Gasteiger partial charge is 0.576 e. The molecular formula is C24F56N2O4S. The molecule has 0 atom stereocenters. The fourth-order valence-electron chi connectivity index (χ4n) is 4.21. The summed E-state index contributed by atoms with van der Waals surface area (Å²) in [6.45, 7) is 0. The summed E-state index contributed by atoms with van der Waals surface area (Å²) in [6.07, 6.45) is -16.5. The van der Waals surface area contributed by atoms with Gasteiger partial charge in [-0.1, -0.05) is 0 Å². The molecule has 0 spiro atoms. The van der Waals surface area contributed by atoms with Gasteiger partial charge in [-0.25, -0.2) is 0 Å². The van der Waals surface area contributed by atoms with Gasteiger partial charge >= 0.3 is 153 Å². The molecule has 0 saturated heterocycles. The molecule has 87 heavy (non-hydrogen) atoms. The molecule has 0 aliphatic carbocycles. The van der Waals surface area contributed by atoms with Crippen molar-refractivity contribution in [2.45, 2.75) is 143 Å². The maximum absolute atomic E-state index is 13.4. The Labute approximate surface area is 429 Å². The van der Waals surface area contributed by atoms with Crippen molar-refractivity contribution in [3.8, 4) is 0 Å². The summed E-state index contributed by atoms with van der Waals surface area (Å²) in [5, 5.41) is -15.0. The highest BCUT2D eigenvalue weighted by molar-refractivity contribution is 7.79. The fourth-order valence-corrected chi connectivity index (χ4v) is 4.21. The summed E-state index contributed by atoms with van der Waals surface area (Å²) in [5.41, 5.74) is 0. The van der Waals surface area contributed by atoms with Crippen LogP contribution in [0.4, 0.5) is 246 Å². The van der Waals surface area contributed by atoms with E-state index in [0.717, 1.165) is 0 Å². The number of alkyl halides is 50. The van der Waals surface area contributed by atoms with Crippen LogP contribution in [-0.4, -0.2) is 171 Å². The van der Waals surface area contributed by atoms with Crippen molar-refractivity contribution in [3.63, 3.8) is 0 Å². The van der Waals surface area contributed by atoms with Gasteiger partial charge in [0.25, 0.3) is 0 Å². The van der Waals surface area contributed by atoms with Crippen LogP contribution in [0.3, 0.4) is 0 Å². The first-order valence-corrected chi connectivity index (χ1v) is 18.4. The van der Waals surface area contributed by atoms with E-state index < -0.39 is 164 Å². The van der Waals surface area contributed by atoms with Gasteiger partial charge in [0.2, 0.25) is 0 Å². The average molecular weight is 1480 g/mol. The highest BCUT2D eigenvalue weighted by Crippen LogP contribution is 2.71. The molecule has 0 aliphatic rings. The van der Waals surface area contributed by atoms with Crippen LogP contribution in [0, 0.1) is 0 Å². The lowest BCUT2D eigenvalue weighted by molar-refractivity contribution is -1.32. The fraction of sp³-hybridized carbons (Fsp3) is 1.00. The van der Waals surface area contributed by atoms with Gasteiger partial charge in [-0.05, 0) is 0 Å². The Kier molecular flexibility index (Phi) is 21.5. The van der Waals surface area contributed by atoms with Gasteiger partial charge in [0.15, 0.2) is 0 Å². The van der Waals surface area contributed by atoms with Crippen LogP contribution in [0.15, 0.2) is 0 Å². The van der Waals surface area contributed by atoms with E-state index in [2.05, 4.69) is 0 Å². The average Bonchev–Trinajstić information content (AvgIpc) is 3.22. The molecule has 0 N–H and O–H groups in total. The van der Waals surface area contributed by atoms with Crippen molar-refractivity contribution in [1.82, 2.24) is 0 Å². The highest BCUT2D eigenvalue weighted by atomic mass is 32.3. The van der Waals surface area contributed by atoms with Crippen LogP contribution < -0.4 is 0 Å². The molecule has 0 amide bonds. The molecule has 0 aromatic heterocycles. The number of halogens is 56. The number of hydrogen-bond acceptors (Lipinski definition) is 4. The number of quaternary nitrogens is 2. The van der Waals surface area contributed by atoms with Crippen LogP contribution in [-0.2, 0) is 10.4 Å². The maximum atomic E-state index is 13.4. The van der Waals surface area contributed by atoms with Crippen molar-refractivity contribution in [2.75, 3.05) is 0 Å². The molecule has 0 aliphatic heterocycles. The molecule has 0 unspecified atom stereocenters. The van der Waals surface area contributed by atoms with Crippen molar-refractivity contribution >= 4 is 10.4 Å². The van der Waals surface area contributed by atoms with Gasteiger partial charge in [-0.2, -0.15) is 202 Å². The normalized spacial score (nSPS) is 16.9. The molecule has 0 aromatic rings. The largest absolute Gasteiger partial charge is 0.759 e. The first-order chi connectivity index (χ1) is 36.0. The Morgan fingerprint density at radius 3 is 0.310 bits per heavy atom. The van der Waals surface area contributed by atoms with Gasteiger partial charge in [0.1, 0.15) is 0 Å². The predicted octanol–water partition coefficient (Wildman–Crippen LogP) is 16.6. The molecule has 528 valence electrons. The first kappa shape index (κ1) is 87.1. The molecule has 0 saturated carbocycles. The van der Waals surface area contributed by atoms with Crippen LogP contribution in [0.25, 0.3) is 0 Å². The zero-order chi connectivity index (χ0) is 73.5. The molecule has 0 aromatic carbocycles. The Morgan fingerprint density at radius 1 is 0.172 bits per heavy atom. The van der Waals surface area contributed by atoms with Crippen LogP contribution in [0.1, 0.15) is 0 Å². The SMILES string of the molecule is FC(F)(F)C(F)(F)C(F)(F)C(F)(F)C(F)(F)C(F)(F)C(F)(F)C(F)(F)C(F)(F)C(F)(F)C(F)(F)C(F)(F)[N+](F)(F)F.FC(F)(F)C(F)(F)C(F)(F)C(F)(F)C(F)(F)C(F)(F)C(F)(F)C(F)(F)C(F)(F)C(F)(F)C(F)(F)C(F)(F)[N+](F)(F)F.O=S(=O)([O-])[O-]. The highest BCUT2D eigenvalue weighted by Gasteiger charge is 3.04. The lowest BCUT2D eigenvalue weighted by Gasteiger charge is -2.45. The van der Waals surface area contributed by atoms with E-state index in [4.69, 9.17) is 17.5 Å². The van der Waals surface area contributed by atoms with Gasteiger partial charge in [0, 0.05) is 10.4 Å². The summed E-state index contributed by atoms with van der Waals surface area (Å²) in [5.74, 6) is -190. The standard InChI is InChI=1S/2C12F28N.H2O4S/c2*13-1(14,3(17,18)5(21,22)7(25,26)9(29,30)11(33,34)35)2(15,16)4(19,20)6(23,24)8(27,28)10(31,32)12(36,37)41(38,39)40;1-5(2,3)4/h;;(H2,1,2,3,4)/q2*+1;/p-2. The van der Waals surface area contributed by atoms with Crippen LogP contribution >= 0.6 is 0 Å². The van der Waals surface area contributed by atoms with E-state index in [0.29, 0.717) is 0 Å². The van der Waals surface area contributed by atoms with Crippen LogP contribution in [0.2, 0.25) is 0 Å². The van der Waals surface area contributed by atoms with Crippen molar-refractivity contribution < 1.29 is 274 Å². The van der Waals surface area contributed by atoms with E-state index in [1.807, 2.05) is 0 Å². The van der Waals surface area contributed by atoms with Crippen molar-refractivity contribution in [2.24, 2.45) is 0 Å². The predicted molar refractivity (Wildman–Crippen MR) is 139 cm³/mol. The lowest BCUT2D eigenvalue weighted by atomic mass is 9.85. The molecule has 0 fully saturated rings. The van der Waals surface area contributed by atoms with Gasteiger partial charge in [-0.3, -0.25) is 8.42 Å². The third-order valence-corrected chi connectivity index (χ3v) is 9.20. The van der Waals surface area contributed by atoms with E-state index >= 15 is 0 Å². The Bertz CT molecular complexity index is 2180. The quantitative estimate of drug-likeness (QED) is 0.0356. The van der Waals surface area contributed by atoms with E-state index in [1.165, 1.54) is 0 Å². The number of nitrogens with zero attached hydrogens (tertiary/aromatic N) is 2. The molecule has 0 bridgehead atoms. The van der Waals surface area contributed by atoms with Crippen molar-refractivity contribution in [1.29, 1.82) is 0 Å². The minimum Gasteiger partial charge on any atom is -0.759 e. The third-order valence-electron chi connectivity index (χ3n) is 9.20. The van der Waals surface area contributed by atoms with Gasteiger partial charge in [-0.15, -0.1) is 17.6 Å². The summed E-state index contributed by atoms with van der Waals surface area (Å²) >= 11 is 0. The van der Waals surface area contributed by atoms with Crippen molar-refractivity contribution in [3.05, 3.63) is 0 Å². The molecule has 0 rings (SSSR count). The second-order valence-electron chi connectivity index (χ2n) is 14.9. The second-order valence-corrected chi connectivity index (χ2v) is 15.7. The zero-order valence-corrected chi connectivity index (χ0v) is 36.9. The summed E-state index contributed by atoms with van der Waals surface area (Å²) in [7, 11) is -5.17. The van der Waals surface area contributed by atoms with Gasteiger partial charge in [0.05, 0.1) is 26.9 Å². The Morgan fingerprint density at radius 2 is 0.241 bits per heavy atom. The van der Waals surface area contributed by atoms with Crippen LogP contribution in [0.5, 0.6) is 0 Å². The first-order valence-electron chi connectivity index (χ1n) is 17.1. The van der Waals surface area contributed by atoms with E-state index in [9.17, 15) is 246 Å². The number of hydrogen-bond donors (Lipinski definition) is 0. The minimum absolute atomic E-state index is 5.17. The molecule has 63 heteroatoms. The zero-order valence-electron chi connectivity index (χ0n) is 36.1. The van der Waals surface area contributed by atoms with Gasteiger partial charge < -0.3 is 9.11 Å². The summed E-state index contributed by atoms with van der Waals surface area (Å²) in [4.78, 5) is 0. The molecule has 0 heterocycles. The Hall–Kier alpha value is -4.13.